The molecule has 1 aromatic rings. The van der Waals surface area contributed by atoms with Crippen LogP contribution in [0.2, 0.25) is 0 Å². The molecular weight excluding hydrogens is 207 g/mol. The molecule has 0 N–H and O–H groups in total. The van der Waals surface area contributed by atoms with Crippen LogP contribution in [-0.4, -0.2) is 12.8 Å². The predicted octanol–water partition coefficient (Wildman–Crippen LogP) is 2.64. The standard InChI is InChI=1S/C10H8F3NO/c11-10(12,13)7-15-6-9-4-2-1-3-8(9)5-14/h1-4H,6-7H2. The van der Waals surface area contributed by atoms with E-state index in [0.717, 1.165) is 0 Å². The van der Waals surface area contributed by atoms with E-state index in [1.807, 2.05) is 6.07 Å². The third-order valence-corrected chi connectivity index (χ3v) is 1.66. The molecule has 0 heterocycles. The maximum absolute atomic E-state index is 11.8. The largest absolute Gasteiger partial charge is 0.411 e. The van der Waals surface area contributed by atoms with E-state index in [1.54, 1.807) is 18.2 Å². The summed E-state index contributed by atoms with van der Waals surface area (Å²) in [6.45, 7) is -1.50. The van der Waals surface area contributed by atoms with Crippen molar-refractivity contribution in [3.05, 3.63) is 35.4 Å². The summed E-state index contributed by atoms with van der Waals surface area (Å²) in [7, 11) is 0. The van der Waals surface area contributed by atoms with Gasteiger partial charge in [0.2, 0.25) is 0 Å². The summed E-state index contributed by atoms with van der Waals surface area (Å²) in [6, 6.07) is 8.27. The monoisotopic (exact) mass is 215 g/mol. The Labute approximate surface area is 84.9 Å². The van der Waals surface area contributed by atoms with Crippen molar-refractivity contribution in [2.75, 3.05) is 6.61 Å². The molecule has 0 saturated carbocycles. The fourth-order valence-corrected chi connectivity index (χ4v) is 1.03. The van der Waals surface area contributed by atoms with Crippen LogP contribution < -0.4 is 0 Å². The lowest BCUT2D eigenvalue weighted by molar-refractivity contribution is -0.176. The summed E-state index contributed by atoms with van der Waals surface area (Å²) in [5.41, 5.74) is 0.795. The van der Waals surface area contributed by atoms with Crippen LogP contribution in [-0.2, 0) is 11.3 Å². The lowest BCUT2D eigenvalue weighted by Gasteiger charge is -2.08. The molecule has 1 rings (SSSR count). The van der Waals surface area contributed by atoms with E-state index in [2.05, 4.69) is 4.74 Å². The van der Waals surface area contributed by atoms with E-state index in [1.165, 1.54) is 6.07 Å². The molecule has 0 aromatic heterocycles. The molecule has 0 aliphatic heterocycles. The van der Waals surface area contributed by atoms with Crippen molar-refractivity contribution in [2.24, 2.45) is 0 Å². The van der Waals surface area contributed by atoms with E-state index >= 15 is 0 Å². The summed E-state index contributed by atoms with van der Waals surface area (Å²) in [5.74, 6) is 0. The molecule has 0 amide bonds. The summed E-state index contributed by atoms with van der Waals surface area (Å²) in [6.07, 6.45) is -4.33. The molecule has 0 aliphatic rings. The van der Waals surface area contributed by atoms with Gasteiger partial charge in [0.25, 0.3) is 0 Å². The Morgan fingerprint density at radius 2 is 1.93 bits per heavy atom. The minimum absolute atomic E-state index is 0.205. The smallest absolute Gasteiger partial charge is 0.367 e. The van der Waals surface area contributed by atoms with Crippen molar-refractivity contribution in [3.63, 3.8) is 0 Å². The number of hydrogen-bond donors (Lipinski definition) is 0. The van der Waals surface area contributed by atoms with Gasteiger partial charge in [0.1, 0.15) is 6.61 Å². The number of alkyl halides is 3. The zero-order chi connectivity index (χ0) is 11.3. The maximum Gasteiger partial charge on any atom is 0.411 e. The first-order valence-corrected chi connectivity index (χ1v) is 4.15. The fraction of sp³-hybridized carbons (Fsp3) is 0.300. The Kier molecular flexibility index (Phi) is 3.69. The quantitative estimate of drug-likeness (QED) is 0.776. The molecular formula is C10H8F3NO. The maximum atomic E-state index is 11.8. The van der Waals surface area contributed by atoms with E-state index in [4.69, 9.17) is 5.26 Å². The minimum Gasteiger partial charge on any atom is -0.367 e. The van der Waals surface area contributed by atoms with Crippen LogP contribution in [0.25, 0.3) is 0 Å². The van der Waals surface area contributed by atoms with Crippen LogP contribution in [0.4, 0.5) is 13.2 Å². The van der Waals surface area contributed by atoms with Gasteiger partial charge in [-0.2, -0.15) is 18.4 Å². The SMILES string of the molecule is N#Cc1ccccc1COCC(F)(F)F. The third-order valence-electron chi connectivity index (χ3n) is 1.66. The minimum atomic E-state index is -4.33. The van der Waals surface area contributed by atoms with Gasteiger partial charge in [0.05, 0.1) is 18.2 Å². The molecule has 15 heavy (non-hydrogen) atoms. The summed E-state index contributed by atoms with van der Waals surface area (Å²) in [4.78, 5) is 0. The van der Waals surface area contributed by atoms with E-state index in [0.29, 0.717) is 11.1 Å². The fourth-order valence-electron chi connectivity index (χ4n) is 1.03. The number of hydrogen-bond acceptors (Lipinski definition) is 2. The average molecular weight is 215 g/mol. The molecule has 0 atom stereocenters. The molecule has 0 bridgehead atoms. The van der Waals surface area contributed by atoms with Crippen molar-refractivity contribution in [1.29, 1.82) is 5.26 Å². The molecule has 0 saturated heterocycles. The van der Waals surface area contributed by atoms with Gasteiger partial charge in [0.15, 0.2) is 0 Å². The van der Waals surface area contributed by atoms with Gasteiger partial charge in [-0.25, -0.2) is 0 Å². The molecule has 0 fully saturated rings. The van der Waals surface area contributed by atoms with Gasteiger partial charge in [-0.3, -0.25) is 0 Å². The Balaban J connectivity index is 2.55. The highest BCUT2D eigenvalue weighted by molar-refractivity contribution is 5.36. The van der Waals surface area contributed by atoms with Crippen LogP contribution in [0.3, 0.4) is 0 Å². The average Bonchev–Trinajstić information content (AvgIpc) is 2.16. The summed E-state index contributed by atoms with van der Waals surface area (Å²) >= 11 is 0. The molecule has 0 spiro atoms. The zero-order valence-corrected chi connectivity index (χ0v) is 7.71. The molecule has 2 nitrogen and oxygen atoms in total. The van der Waals surface area contributed by atoms with E-state index in [-0.39, 0.29) is 6.61 Å². The van der Waals surface area contributed by atoms with E-state index < -0.39 is 12.8 Å². The van der Waals surface area contributed by atoms with Gasteiger partial charge in [-0.15, -0.1) is 0 Å². The summed E-state index contributed by atoms with van der Waals surface area (Å²) < 4.78 is 39.7. The molecule has 0 unspecified atom stereocenters. The second-order valence-electron chi connectivity index (χ2n) is 2.88. The second-order valence-corrected chi connectivity index (χ2v) is 2.88. The Morgan fingerprint density at radius 1 is 1.27 bits per heavy atom. The van der Waals surface area contributed by atoms with Gasteiger partial charge >= 0.3 is 6.18 Å². The first kappa shape index (κ1) is 11.5. The predicted molar refractivity (Wildman–Crippen MR) is 46.9 cm³/mol. The Bertz CT molecular complexity index is 368. The first-order chi connectivity index (χ1) is 7.03. The van der Waals surface area contributed by atoms with Crippen LogP contribution in [0, 0.1) is 11.3 Å². The van der Waals surface area contributed by atoms with Gasteiger partial charge in [0, 0.05) is 0 Å². The van der Waals surface area contributed by atoms with Crippen LogP contribution in [0.15, 0.2) is 24.3 Å². The van der Waals surface area contributed by atoms with Crippen molar-refractivity contribution >= 4 is 0 Å². The second kappa shape index (κ2) is 4.80. The highest BCUT2D eigenvalue weighted by Crippen LogP contribution is 2.16. The Morgan fingerprint density at radius 3 is 2.53 bits per heavy atom. The molecule has 0 radical (unpaired) electrons. The Hall–Kier alpha value is -1.54. The van der Waals surface area contributed by atoms with Crippen LogP contribution >= 0.6 is 0 Å². The highest BCUT2D eigenvalue weighted by atomic mass is 19.4. The van der Waals surface area contributed by atoms with Gasteiger partial charge in [-0.05, 0) is 11.6 Å². The topological polar surface area (TPSA) is 33.0 Å². The first-order valence-electron chi connectivity index (χ1n) is 4.15. The lowest BCUT2D eigenvalue weighted by atomic mass is 10.1. The van der Waals surface area contributed by atoms with Gasteiger partial charge in [-0.1, -0.05) is 18.2 Å². The van der Waals surface area contributed by atoms with E-state index in [9.17, 15) is 13.2 Å². The van der Waals surface area contributed by atoms with Crippen molar-refractivity contribution < 1.29 is 17.9 Å². The van der Waals surface area contributed by atoms with Gasteiger partial charge < -0.3 is 4.74 Å². The lowest BCUT2D eigenvalue weighted by Crippen LogP contribution is -2.16. The number of ether oxygens (including phenoxy) is 1. The number of nitriles is 1. The number of benzene rings is 1. The molecule has 0 aliphatic carbocycles. The normalized spacial score (nSPS) is 11.1. The van der Waals surface area contributed by atoms with Crippen LogP contribution in [0.5, 0.6) is 0 Å². The molecule has 80 valence electrons. The molecule has 1 aromatic carbocycles. The van der Waals surface area contributed by atoms with Crippen molar-refractivity contribution in [3.8, 4) is 6.07 Å². The number of rotatable bonds is 3. The number of halogens is 3. The number of nitrogens with zero attached hydrogens (tertiary/aromatic N) is 1. The van der Waals surface area contributed by atoms with Crippen molar-refractivity contribution in [2.45, 2.75) is 12.8 Å². The third kappa shape index (κ3) is 4.00. The summed E-state index contributed by atoms with van der Waals surface area (Å²) in [5, 5.41) is 8.65. The van der Waals surface area contributed by atoms with Crippen LogP contribution in [0.1, 0.15) is 11.1 Å². The highest BCUT2D eigenvalue weighted by Gasteiger charge is 2.27. The molecule has 5 heteroatoms. The van der Waals surface area contributed by atoms with Crippen molar-refractivity contribution in [1.82, 2.24) is 0 Å². The zero-order valence-electron chi connectivity index (χ0n) is 7.71.